The van der Waals surface area contributed by atoms with Crippen LogP contribution in [0.25, 0.3) is 0 Å². The van der Waals surface area contributed by atoms with E-state index in [0.29, 0.717) is 12.2 Å². The summed E-state index contributed by atoms with van der Waals surface area (Å²) in [6.07, 6.45) is 0.942. The van der Waals surface area contributed by atoms with Crippen LogP contribution < -0.4 is 0 Å². The van der Waals surface area contributed by atoms with Crippen molar-refractivity contribution in [1.82, 2.24) is 15.2 Å². The van der Waals surface area contributed by atoms with Crippen molar-refractivity contribution in [2.24, 2.45) is 0 Å². The highest BCUT2D eigenvalue weighted by Gasteiger charge is 2.00. The Labute approximate surface area is 84.6 Å². The van der Waals surface area contributed by atoms with Crippen LogP contribution in [0, 0.1) is 6.92 Å². The molecule has 0 unspecified atom stereocenters. The summed E-state index contributed by atoms with van der Waals surface area (Å²) in [5.74, 6) is 0.566. The molecule has 0 bridgehead atoms. The lowest BCUT2D eigenvalue weighted by atomic mass is 10.5. The summed E-state index contributed by atoms with van der Waals surface area (Å²) in [4.78, 5) is 3.98. The lowest BCUT2D eigenvalue weighted by Gasteiger charge is -1.99. The summed E-state index contributed by atoms with van der Waals surface area (Å²) in [5.41, 5.74) is 0.724. The zero-order chi connectivity index (χ0) is 10.4. The molecule has 1 rings (SSSR count). The Morgan fingerprint density at radius 2 is 2.36 bits per heavy atom. The predicted molar refractivity (Wildman–Crippen MR) is 50.2 cm³/mol. The third-order valence-electron chi connectivity index (χ3n) is 1.40. The molecule has 0 aliphatic heterocycles. The van der Waals surface area contributed by atoms with E-state index in [1.54, 1.807) is 6.92 Å². The van der Waals surface area contributed by atoms with Gasteiger partial charge in [-0.2, -0.15) is 13.9 Å². The largest absolute Gasteiger partial charge is 0.266 e. The summed E-state index contributed by atoms with van der Waals surface area (Å²) in [5, 5.41) is 8.13. The van der Waals surface area contributed by atoms with Crippen LogP contribution in [-0.4, -0.2) is 20.9 Å². The number of rotatable bonds is 4. The minimum atomic E-state index is -1.64. The number of halogens is 2. The van der Waals surface area contributed by atoms with Crippen molar-refractivity contribution >= 4 is 11.8 Å². The molecule has 14 heavy (non-hydrogen) atoms. The van der Waals surface area contributed by atoms with Gasteiger partial charge in [-0.25, -0.2) is 4.98 Å². The first kappa shape index (κ1) is 11.0. The first-order valence-corrected chi connectivity index (χ1v) is 4.97. The van der Waals surface area contributed by atoms with E-state index < -0.39 is 6.08 Å². The third-order valence-corrected chi connectivity index (χ3v) is 2.51. The minimum Gasteiger partial charge on any atom is -0.226 e. The maximum atomic E-state index is 11.7. The Kier molecular flexibility index (Phi) is 4.45. The SMILES string of the molecule is Cc1nncnc1SCCC=C(F)F. The van der Waals surface area contributed by atoms with Gasteiger partial charge < -0.3 is 0 Å². The average Bonchev–Trinajstić information content (AvgIpc) is 2.15. The Morgan fingerprint density at radius 1 is 1.57 bits per heavy atom. The molecule has 0 atom stereocenters. The van der Waals surface area contributed by atoms with Gasteiger partial charge in [0.25, 0.3) is 6.08 Å². The summed E-state index contributed by atoms with van der Waals surface area (Å²) in [6, 6.07) is 0. The number of aromatic nitrogens is 3. The molecular weight excluding hydrogens is 208 g/mol. The van der Waals surface area contributed by atoms with Crippen LogP contribution in [-0.2, 0) is 0 Å². The Morgan fingerprint density at radius 3 is 3.00 bits per heavy atom. The fourth-order valence-corrected chi connectivity index (χ4v) is 1.59. The van der Waals surface area contributed by atoms with Crippen LogP contribution in [0.15, 0.2) is 23.5 Å². The molecule has 0 spiro atoms. The van der Waals surface area contributed by atoms with E-state index >= 15 is 0 Å². The molecule has 0 fully saturated rings. The van der Waals surface area contributed by atoms with E-state index in [2.05, 4.69) is 15.2 Å². The van der Waals surface area contributed by atoms with Crippen molar-refractivity contribution in [3.8, 4) is 0 Å². The van der Waals surface area contributed by atoms with Gasteiger partial charge in [0.05, 0.1) is 5.69 Å². The minimum absolute atomic E-state index is 0.330. The van der Waals surface area contributed by atoms with E-state index in [-0.39, 0.29) is 0 Å². The lowest BCUT2D eigenvalue weighted by molar-refractivity contribution is 0.418. The summed E-state index contributed by atoms with van der Waals surface area (Å²) in [7, 11) is 0. The number of nitrogens with zero attached hydrogens (tertiary/aromatic N) is 3. The second-order valence-corrected chi connectivity index (χ2v) is 3.57. The Hall–Kier alpha value is -1.04. The molecule has 0 aromatic carbocycles. The molecule has 6 heteroatoms. The predicted octanol–water partition coefficient (Wildman–Crippen LogP) is 2.44. The van der Waals surface area contributed by atoms with E-state index in [4.69, 9.17) is 0 Å². The Bertz CT molecular complexity index is 326. The average molecular weight is 217 g/mol. The molecule has 0 N–H and O–H groups in total. The van der Waals surface area contributed by atoms with E-state index in [9.17, 15) is 8.78 Å². The van der Waals surface area contributed by atoms with Crippen LogP contribution >= 0.6 is 11.8 Å². The van der Waals surface area contributed by atoms with Gasteiger partial charge >= 0.3 is 0 Å². The van der Waals surface area contributed by atoms with Crippen molar-refractivity contribution in [2.75, 3.05) is 5.75 Å². The molecule has 0 saturated heterocycles. The maximum absolute atomic E-state index is 11.7. The number of hydrogen-bond acceptors (Lipinski definition) is 4. The molecule has 0 radical (unpaired) electrons. The molecule has 3 nitrogen and oxygen atoms in total. The topological polar surface area (TPSA) is 38.7 Å². The second-order valence-electron chi connectivity index (χ2n) is 2.48. The molecule has 76 valence electrons. The van der Waals surface area contributed by atoms with Crippen molar-refractivity contribution in [1.29, 1.82) is 0 Å². The summed E-state index contributed by atoms with van der Waals surface area (Å²) < 4.78 is 23.3. The molecule has 1 aromatic rings. The van der Waals surface area contributed by atoms with E-state index in [0.717, 1.165) is 16.8 Å². The van der Waals surface area contributed by atoms with Gasteiger partial charge in [-0.3, -0.25) is 0 Å². The van der Waals surface area contributed by atoms with Crippen molar-refractivity contribution in [2.45, 2.75) is 18.4 Å². The van der Waals surface area contributed by atoms with E-state index in [1.165, 1.54) is 18.1 Å². The zero-order valence-electron chi connectivity index (χ0n) is 7.57. The number of aryl methyl sites for hydroxylation is 1. The normalized spacial score (nSPS) is 9.93. The fourth-order valence-electron chi connectivity index (χ4n) is 0.792. The van der Waals surface area contributed by atoms with Gasteiger partial charge in [0, 0.05) is 5.75 Å². The molecule has 0 saturated carbocycles. The van der Waals surface area contributed by atoms with Crippen LogP contribution in [0.1, 0.15) is 12.1 Å². The second kappa shape index (κ2) is 5.64. The monoisotopic (exact) mass is 217 g/mol. The van der Waals surface area contributed by atoms with Gasteiger partial charge in [0.2, 0.25) is 0 Å². The van der Waals surface area contributed by atoms with Crippen LogP contribution in [0.5, 0.6) is 0 Å². The third kappa shape index (κ3) is 3.78. The molecule has 1 aromatic heterocycles. The van der Waals surface area contributed by atoms with Crippen LogP contribution in [0.2, 0.25) is 0 Å². The quantitative estimate of drug-likeness (QED) is 0.573. The van der Waals surface area contributed by atoms with Crippen molar-refractivity contribution in [3.05, 3.63) is 24.2 Å². The van der Waals surface area contributed by atoms with Gasteiger partial charge in [0.1, 0.15) is 11.4 Å². The molecular formula is C8H9F2N3S. The van der Waals surface area contributed by atoms with Gasteiger partial charge in [-0.05, 0) is 19.4 Å². The summed E-state index contributed by atoms with van der Waals surface area (Å²) in [6.45, 7) is 1.79. The number of thioether (sulfide) groups is 1. The first-order valence-electron chi connectivity index (χ1n) is 3.98. The highest BCUT2D eigenvalue weighted by atomic mass is 32.2. The Balaban J connectivity index is 2.39. The van der Waals surface area contributed by atoms with Gasteiger partial charge in [-0.1, -0.05) is 0 Å². The van der Waals surface area contributed by atoms with E-state index in [1.807, 2.05) is 0 Å². The van der Waals surface area contributed by atoms with Crippen LogP contribution in [0.4, 0.5) is 8.78 Å². The molecule has 0 aliphatic carbocycles. The fraction of sp³-hybridized carbons (Fsp3) is 0.375. The number of allylic oxidation sites excluding steroid dienone is 1. The standard InChI is InChI=1S/C8H9F2N3S/c1-6-8(11-5-12-13-6)14-4-2-3-7(9)10/h3,5H,2,4H2,1H3. The lowest BCUT2D eigenvalue weighted by Crippen LogP contribution is -1.92. The highest BCUT2D eigenvalue weighted by Crippen LogP contribution is 2.18. The maximum Gasteiger partial charge on any atom is 0.266 e. The van der Waals surface area contributed by atoms with Crippen molar-refractivity contribution < 1.29 is 8.78 Å². The molecule has 0 amide bonds. The molecule has 1 heterocycles. The van der Waals surface area contributed by atoms with Gasteiger partial charge in [-0.15, -0.1) is 16.9 Å². The van der Waals surface area contributed by atoms with Gasteiger partial charge in [0.15, 0.2) is 0 Å². The van der Waals surface area contributed by atoms with Crippen LogP contribution in [0.3, 0.4) is 0 Å². The van der Waals surface area contributed by atoms with Crippen molar-refractivity contribution in [3.63, 3.8) is 0 Å². The first-order chi connectivity index (χ1) is 6.70. The molecule has 0 aliphatic rings. The summed E-state index contributed by atoms with van der Waals surface area (Å²) >= 11 is 1.40. The highest BCUT2D eigenvalue weighted by molar-refractivity contribution is 7.99. The number of hydrogen-bond donors (Lipinski definition) is 0. The smallest absolute Gasteiger partial charge is 0.226 e. The zero-order valence-corrected chi connectivity index (χ0v) is 8.39.